The molecular weight excluding hydrogens is 308 g/mol. The quantitative estimate of drug-likeness (QED) is 0.682. The summed E-state index contributed by atoms with van der Waals surface area (Å²) in [5, 5.41) is 14.8. The maximum absolute atomic E-state index is 12.6. The topological polar surface area (TPSA) is 95.7 Å². The fraction of sp³-hybridized carbons (Fsp3) is 0.353. The second kappa shape index (κ2) is 7.15. The first kappa shape index (κ1) is 17.5. The van der Waals surface area contributed by atoms with Gasteiger partial charge in [-0.3, -0.25) is 14.0 Å². The highest BCUT2D eigenvalue weighted by Gasteiger charge is 2.27. The minimum atomic E-state index is -1.11. The Bertz CT molecular complexity index is 817. The van der Waals surface area contributed by atoms with Crippen molar-refractivity contribution in [3.8, 4) is 12.3 Å². The summed E-state index contributed by atoms with van der Waals surface area (Å²) >= 11 is 0. The van der Waals surface area contributed by atoms with Gasteiger partial charge in [0.2, 0.25) is 5.91 Å². The molecule has 0 fully saturated rings. The molecule has 0 spiro atoms. The first-order valence-corrected chi connectivity index (χ1v) is 7.50. The van der Waals surface area contributed by atoms with Gasteiger partial charge < -0.3 is 15.7 Å². The molecule has 0 aliphatic heterocycles. The van der Waals surface area contributed by atoms with Crippen LogP contribution in [0.3, 0.4) is 0 Å². The van der Waals surface area contributed by atoms with E-state index in [1.54, 1.807) is 17.5 Å². The average molecular weight is 328 g/mol. The zero-order chi connectivity index (χ0) is 17.9. The number of nitrogens with one attached hydrogen (secondary N) is 2. The van der Waals surface area contributed by atoms with E-state index in [-0.39, 0.29) is 6.54 Å². The van der Waals surface area contributed by atoms with Crippen LogP contribution in [0.4, 0.5) is 0 Å². The van der Waals surface area contributed by atoms with Crippen LogP contribution >= 0.6 is 0 Å². The van der Waals surface area contributed by atoms with Crippen LogP contribution in [0.1, 0.15) is 28.7 Å². The van der Waals surface area contributed by atoms with Crippen LogP contribution < -0.4 is 10.6 Å². The summed E-state index contributed by atoms with van der Waals surface area (Å²) in [6.07, 6.45) is 5.82. The number of hydrogen-bond donors (Lipinski definition) is 3. The SMILES string of the molecule is C#CCNC(=O)[C@@H](NC(=O)c1c(C)nc2ccc(C)cn12)[C@@H](C)O. The maximum Gasteiger partial charge on any atom is 0.270 e. The predicted octanol–water partition coefficient (Wildman–Crippen LogP) is 0.180. The monoisotopic (exact) mass is 328 g/mol. The standard InChI is InChI=1S/C17H20N4O3/c1-5-8-18-16(23)14(12(4)22)20-17(24)15-11(3)19-13-7-6-10(2)9-21(13)15/h1,6-7,9,12,14,22H,8H2,2-4H3,(H,18,23)(H,20,24)/t12-,14+/m1/s1. The number of pyridine rings is 1. The molecule has 2 rings (SSSR count). The number of aromatic nitrogens is 2. The van der Waals surface area contributed by atoms with Gasteiger partial charge in [-0.25, -0.2) is 4.98 Å². The van der Waals surface area contributed by atoms with Crippen molar-refractivity contribution in [2.75, 3.05) is 6.54 Å². The Labute approximate surface area is 140 Å². The van der Waals surface area contributed by atoms with Gasteiger partial charge in [0.05, 0.1) is 18.3 Å². The third-order valence-corrected chi connectivity index (χ3v) is 3.57. The number of carbonyl (C=O) groups is 2. The van der Waals surface area contributed by atoms with Gasteiger partial charge in [-0.05, 0) is 32.4 Å². The zero-order valence-corrected chi connectivity index (χ0v) is 13.8. The minimum absolute atomic E-state index is 0.0196. The molecule has 7 nitrogen and oxygen atoms in total. The number of rotatable bonds is 5. The molecule has 2 aromatic heterocycles. The molecule has 2 atom stereocenters. The van der Waals surface area contributed by atoms with Gasteiger partial charge in [0.25, 0.3) is 5.91 Å². The molecule has 0 unspecified atom stereocenters. The highest BCUT2D eigenvalue weighted by Crippen LogP contribution is 2.14. The Morgan fingerprint density at radius 3 is 2.75 bits per heavy atom. The number of amides is 2. The molecule has 2 aromatic rings. The van der Waals surface area contributed by atoms with Crippen LogP contribution in [0, 0.1) is 26.2 Å². The lowest BCUT2D eigenvalue weighted by atomic mass is 10.1. The molecule has 2 amide bonds. The molecule has 0 radical (unpaired) electrons. The summed E-state index contributed by atoms with van der Waals surface area (Å²) in [5.74, 6) is 1.24. The van der Waals surface area contributed by atoms with Crippen LogP contribution in [0.15, 0.2) is 18.3 Å². The number of aliphatic hydroxyl groups excluding tert-OH is 1. The van der Waals surface area contributed by atoms with E-state index < -0.39 is 24.0 Å². The van der Waals surface area contributed by atoms with Crippen molar-refractivity contribution in [2.45, 2.75) is 32.9 Å². The molecule has 0 aliphatic rings. The molecule has 24 heavy (non-hydrogen) atoms. The van der Waals surface area contributed by atoms with E-state index in [0.717, 1.165) is 5.56 Å². The fourth-order valence-electron chi connectivity index (χ4n) is 2.41. The van der Waals surface area contributed by atoms with Crippen molar-refractivity contribution in [3.05, 3.63) is 35.3 Å². The number of hydrogen-bond acceptors (Lipinski definition) is 4. The van der Waals surface area contributed by atoms with E-state index in [2.05, 4.69) is 21.5 Å². The Kier molecular flexibility index (Phi) is 5.21. The van der Waals surface area contributed by atoms with Crippen LogP contribution in [0.25, 0.3) is 5.65 Å². The number of terminal acetylenes is 1. The number of imidazole rings is 1. The van der Waals surface area contributed by atoms with Gasteiger partial charge in [-0.15, -0.1) is 6.42 Å². The van der Waals surface area contributed by atoms with E-state index in [4.69, 9.17) is 6.42 Å². The third-order valence-electron chi connectivity index (χ3n) is 3.57. The summed E-state index contributed by atoms with van der Waals surface area (Å²) in [7, 11) is 0. The lowest BCUT2D eigenvalue weighted by molar-refractivity contribution is -0.125. The van der Waals surface area contributed by atoms with Gasteiger partial charge in [-0.1, -0.05) is 12.0 Å². The Morgan fingerprint density at radius 2 is 2.12 bits per heavy atom. The summed E-state index contributed by atoms with van der Waals surface area (Å²) in [6.45, 7) is 5.06. The van der Waals surface area contributed by atoms with E-state index >= 15 is 0 Å². The lowest BCUT2D eigenvalue weighted by Gasteiger charge is -2.20. The van der Waals surface area contributed by atoms with Crippen molar-refractivity contribution >= 4 is 17.5 Å². The average Bonchev–Trinajstić information content (AvgIpc) is 2.84. The van der Waals surface area contributed by atoms with Gasteiger partial charge in [0, 0.05) is 6.20 Å². The second-order valence-electron chi connectivity index (χ2n) is 5.59. The molecule has 126 valence electrons. The summed E-state index contributed by atoms with van der Waals surface area (Å²) in [5.41, 5.74) is 2.46. The molecule has 2 heterocycles. The Morgan fingerprint density at radius 1 is 1.42 bits per heavy atom. The Hall–Kier alpha value is -2.85. The summed E-state index contributed by atoms with van der Waals surface area (Å²) in [6, 6.07) is 2.60. The second-order valence-corrected chi connectivity index (χ2v) is 5.59. The molecular formula is C17H20N4O3. The largest absolute Gasteiger partial charge is 0.391 e. The van der Waals surface area contributed by atoms with Gasteiger partial charge in [0.15, 0.2) is 0 Å². The maximum atomic E-state index is 12.6. The first-order valence-electron chi connectivity index (χ1n) is 7.50. The van der Waals surface area contributed by atoms with E-state index in [0.29, 0.717) is 17.0 Å². The summed E-state index contributed by atoms with van der Waals surface area (Å²) in [4.78, 5) is 29.0. The van der Waals surface area contributed by atoms with E-state index in [1.807, 2.05) is 19.1 Å². The van der Waals surface area contributed by atoms with Crippen molar-refractivity contribution in [1.29, 1.82) is 0 Å². The molecule has 3 N–H and O–H groups in total. The van der Waals surface area contributed by atoms with Crippen LogP contribution in [0.5, 0.6) is 0 Å². The van der Waals surface area contributed by atoms with Gasteiger partial charge in [-0.2, -0.15) is 0 Å². The lowest BCUT2D eigenvalue weighted by Crippen LogP contribution is -2.52. The molecule has 0 saturated carbocycles. The summed E-state index contributed by atoms with van der Waals surface area (Å²) < 4.78 is 1.67. The first-order chi connectivity index (χ1) is 11.3. The van der Waals surface area contributed by atoms with Crippen molar-refractivity contribution in [3.63, 3.8) is 0 Å². The van der Waals surface area contributed by atoms with E-state index in [1.165, 1.54) is 6.92 Å². The molecule has 0 bridgehead atoms. The number of fused-ring (bicyclic) bond motifs is 1. The number of nitrogens with zero attached hydrogens (tertiary/aromatic N) is 2. The van der Waals surface area contributed by atoms with Crippen molar-refractivity contribution in [1.82, 2.24) is 20.0 Å². The van der Waals surface area contributed by atoms with Crippen molar-refractivity contribution in [2.24, 2.45) is 0 Å². The van der Waals surface area contributed by atoms with Crippen LogP contribution in [-0.4, -0.2) is 45.0 Å². The smallest absolute Gasteiger partial charge is 0.270 e. The number of aryl methyl sites for hydroxylation is 2. The third kappa shape index (κ3) is 3.55. The van der Waals surface area contributed by atoms with E-state index in [9.17, 15) is 14.7 Å². The normalized spacial score (nSPS) is 13.1. The number of aliphatic hydroxyl groups is 1. The van der Waals surface area contributed by atoms with Gasteiger partial charge >= 0.3 is 0 Å². The van der Waals surface area contributed by atoms with Crippen molar-refractivity contribution < 1.29 is 14.7 Å². The zero-order valence-electron chi connectivity index (χ0n) is 13.8. The molecule has 7 heteroatoms. The van der Waals surface area contributed by atoms with Crippen LogP contribution in [-0.2, 0) is 4.79 Å². The predicted molar refractivity (Wildman–Crippen MR) is 89.4 cm³/mol. The highest BCUT2D eigenvalue weighted by atomic mass is 16.3. The fourth-order valence-corrected chi connectivity index (χ4v) is 2.41. The minimum Gasteiger partial charge on any atom is -0.391 e. The molecule has 0 aromatic carbocycles. The Balaban J connectivity index is 2.31. The van der Waals surface area contributed by atoms with Crippen LogP contribution in [0.2, 0.25) is 0 Å². The molecule has 0 saturated heterocycles. The molecule has 0 aliphatic carbocycles. The highest BCUT2D eigenvalue weighted by molar-refractivity contribution is 5.98. The van der Waals surface area contributed by atoms with Gasteiger partial charge in [0.1, 0.15) is 17.4 Å². The number of carbonyl (C=O) groups excluding carboxylic acids is 2.